The van der Waals surface area contributed by atoms with Gasteiger partial charge in [0.2, 0.25) is 0 Å². The second-order valence-corrected chi connectivity index (χ2v) is 4.97. The maximum absolute atomic E-state index is 12.3. The fraction of sp³-hybridized carbons (Fsp3) is 0.188. The SMILES string of the molecule is CCCc1cc([N+](=O)[O-])ccc1NC(=O)c1c(O)cccc1O. The number of non-ortho nitro benzene ring substituents is 1. The zero-order valence-corrected chi connectivity index (χ0v) is 12.4. The van der Waals surface area contributed by atoms with Gasteiger partial charge in [-0.1, -0.05) is 19.4 Å². The van der Waals surface area contributed by atoms with E-state index in [1.54, 1.807) is 0 Å². The predicted molar refractivity (Wildman–Crippen MR) is 84.8 cm³/mol. The first-order chi connectivity index (χ1) is 10.9. The van der Waals surface area contributed by atoms with Crippen LogP contribution in [0.5, 0.6) is 11.5 Å². The summed E-state index contributed by atoms with van der Waals surface area (Å²) >= 11 is 0. The molecular weight excluding hydrogens is 300 g/mol. The Kier molecular flexibility index (Phi) is 4.80. The molecule has 0 spiro atoms. The molecule has 2 rings (SSSR count). The molecule has 0 radical (unpaired) electrons. The number of carbonyl (C=O) groups excluding carboxylic acids is 1. The van der Waals surface area contributed by atoms with Gasteiger partial charge in [0.1, 0.15) is 17.1 Å². The lowest BCUT2D eigenvalue weighted by Crippen LogP contribution is -2.14. The van der Waals surface area contributed by atoms with Gasteiger partial charge in [-0.2, -0.15) is 0 Å². The van der Waals surface area contributed by atoms with Crippen LogP contribution in [0.1, 0.15) is 29.3 Å². The van der Waals surface area contributed by atoms with Gasteiger partial charge >= 0.3 is 0 Å². The van der Waals surface area contributed by atoms with Crippen LogP contribution in [-0.4, -0.2) is 21.0 Å². The maximum atomic E-state index is 12.3. The largest absolute Gasteiger partial charge is 0.507 e. The Morgan fingerprint density at radius 1 is 1.22 bits per heavy atom. The van der Waals surface area contributed by atoms with Crippen molar-refractivity contribution in [2.45, 2.75) is 19.8 Å². The van der Waals surface area contributed by atoms with E-state index in [4.69, 9.17) is 0 Å². The Hall–Kier alpha value is -3.09. The third kappa shape index (κ3) is 3.57. The maximum Gasteiger partial charge on any atom is 0.269 e. The third-order valence-corrected chi connectivity index (χ3v) is 3.31. The lowest BCUT2D eigenvalue weighted by molar-refractivity contribution is -0.384. The van der Waals surface area contributed by atoms with Crippen molar-refractivity contribution < 1.29 is 19.9 Å². The minimum absolute atomic E-state index is 0.0585. The van der Waals surface area contributed by atoms with Crippen LogP contribution in [0.4, 0.5) is 11.4 Å². The van der Waals surface area contributed by atoms with E-state index in [-0.39, 0.29) is 22.7 Å². The number of nitro benzene ring substituents is 1. The van der Waals surface area contributed by atoms with Crippen LogP contribution in [0.25, 0.3) is 0 Å². The molecule has 2 aromatic rings. The molecule has 7 heteroatoms. The molecule has 1 amide bonds. The summed E-state index contributed by atoms with van der Waals surface area (Å²) in [4.78, 5) is 22.6. The average Bonchev–Trinajstić information content (AvgIpc) is 2.49. The number of amides is 1. The number of nitrogens with zero attached hydrogens (tertiary/aromatic N) is 1. The monoisotopic (exact) mass is 316 g/mol. The second kappa shape index (κ2) is 6.78. The van der Waals surface area contributed by atoms with E-state index in [0.29, 0.717) is 17.7 Å². The smallest absolute Gasteiger partial charge is 0.269 e. The first-order valence-corrected chi connectivity index (χ1v) is 7.03. The van der Waals surface area contributed by atoms with Crippen LogP contribution in [0, 0.1) is 10.1 Å². The quantitative estimate of drug-likeness (QED) is 0.579. The van der Waals surface area contributed by atoms with Crippen molar-refractivity contribution in [1.29, 1.82) is 0 Å². The summed E-state index contributed by atoms with van der Waals surface area (Å²) < 4.78 is 0. The molecule has 0 saturated heterocycles. The van der Waals surface area contributed by atoms with Gasteiger partial charge in [-0.25, -0.2) is 0 Å². The molecule has 120 valence electrons. The number of phenols is 2. The summed E-state index contributed by atoms with van der Waals surface area (Å²) in [7, 11) is 0. The van der Waals surface area contributed by atoms with Gasteiger partial charge in [-0.15, -0.1) is 0 Å². The normalized spacial score (nSPS) is 10.3. The molecule has 0 aliphatic rings. The number of phenolic OH excluding ortho intramolecular Hbond substituents is 2. The summed E-state index contributed by atoms with van der Waals surface area (Å²) in [6, 6.07) is 8.13. The number of aryl methyl sites for hydroxylation is 1. The molecule has 0 aromatic heterocycles. The van der Waals surface area contributed by atoms with Crippen LogP contribution in [0.15, 0.2) is 36.4 Å². The zero-order valence-electron chi connectivity index (χ0n) is 12.4. The molecule has 0 heterocycles. The molecule has 0 aliphatic carbocycles. The van der Waals surface area contributed by atoms with Crippen molar-refractivity contribution >= 4 is 17.3 Å². The van der Waals surface area contributed by atoms with Gasteiger partial charge in [0.25, 0.3) is 11.6 Å². The minimum Gasteiger partial charge on any atom is -0.507 e. The fourth-order valence-corrected chi connectivity index (χ4v) is 2.24. The van der Waals surface area contributed by atoms with E-state index in [2.05, 4.69) is 5.32 Å². The van der Waals surface area contributed by atoms with E-state index >= 15 is 0 Å². The third-order valence-electron chi connectivity index (χ3n) is 3.31. The molecule has 0 fully saturated rings. The summed E-state index contributed by atoms with van der Waals surface area (Å²) in [5.41, 5.74) is 0.722. The molecule has 0 bridgehead atoms. The van der Waals surface area contributed by atoms with Gasteiger partial charge in [0.05, 0.1) is 4.92 Å². The molecule has 0 aliphatic heterocycles. The molecule has 0 atom stereocenters. The topological polar surface area (TPSA) is 113 Å². The Morgan fingerprint density at radius 3 is 2.43 bits per heavy atom. The minimum atomic E-state index is -0.688. The van der Waals surface area contributed by atoms with Crippen LogP contribution >= 0.6 is 0 Å². The van der Waals surface area contributed by atoms with E-state index in [9.17, 15) is 25.1 Å². The van der Waals surface area contributed by atoms with E-state index < -0.39 is 10.8 Å². The number of hydrogen-bond acceptors (Lipinski definition) is 5. The lowest BCUT2D eigenvalue weighted by Gasteiger charge is -2.12. The summed E-state index contributed by atoms with van der Waals surface area (Å²) in [5.74, 6) is -1.38. The number of nitro groups is 1. The first-order valence-electron chi connectivity index (χ1n) is 7.03. The average molecular weight is 316 g/mol. The number of aromatic hydroxyl groups is 2. The van der Waals surface area contributed by atoms with Gasteiger partial charge in [0, 0.05) is 17.8 Å². The molecule has 23 heavy (non-hydrogen) atoms. The van der Waals surface area contributed by atoms with Crippen LogP contribution in [-0.2, 0) is 6.42 Å². The van der Waals surface area contributed by atoms with Gasteiger partial charge in [-0.3, -0.25) is 14.9 Å². The van der Waals surface area contributed by atoms with Crippen LogP contribution in [0.3, 0.4) is 0 Å². The van der Waals surface area contributed by atoms with Crippen molar-refractivity contribution in [3.63, 3.8) is 0 Å². The Labute approximate surface area is 132 Å². The zero-order chi connectivity index (χ0) is 17.0. The van der Waals surface area contributed by atoms with Crippen molar-refractivity contribution in [2.75, 3.05) is 5.32 Å². The number of benzene rings is 2. The highest BCUT2D eigenvalue weighted by Crippen LogP contribution is 2.29. The Bertz CT molecular complexity index is 738. The molecule has 3 N–H and O–H groups in total. The van der Waals surface area contributed by atoms with Crippen molar-refractivity contribution in [1.82, 2.24) is 0 Å². The summed E-state index contributed by atoms with van der Waals surface area (Å²) in [6.45, 7) is 1.92. The van der Waals surface area contributed by atoms with Crippen LogP contribution in [0.2, 0.25) is 0 Å². The Morgan fingerprint density at radius 2 is 1.87 bits per heavy atom. The standard InChI is InChI=1S/C16H16N2O5/c1-2-4-10-9-11(18(22)23)7-8-12(10)17-16(21)15-13(19)5-3-6-14(15)20/h3,5-9,19-20H,2,4H2,1H3,(H,17,21). The van der Waals surface area contributed by atoms with Crippen molar-refractivity contribution in [3.8, 4) is 11.5 Å². The fourth-order valence-electron chi connectivity index (χ4n) is 2.24. The van der Waals surface area contributed by atoms with E-state index in [1.807, 2.05) is 6.92 Å². The van der Waals surface area contributed by atoms with Crippen molar-refractivity contribution in [2.24, 2.45) is 0 Å². The lowest BCUT2D eigenvalue weighted by atomic mass is 10.1. The number of nitrogens with one attached hydrogen (secondary N) is 1. The predicted octanol–water partition coefficient (Wildman–Crippen LogP) is 3.21. The second-order valence-electron chi connectivity index (χ2n) is 4.97. The van der Waals surface area contributed by atoms with Crippen LogP contribution < -0.4 is 5.32 Å². The van der Waals surface area contributed by atoms with Crippen molar-refractivity contribution in [3.05, 3.63) is 57.6 Å². The number of rotatable bonds is 5. The summed E-state index contributed by atoms with van der Waals surface area (Å²) in [6.07, 6.45) is 1.29. The van der Waals surface area contributed by atoms with Gasteiger partial charge < -0.3 is 15.5 Å². The number of hydrogen-bond donors (Lipinski definition) is 3. The van der Waals surface area contributed by atoms with Gasteiger partial charge in [0.15, 0.2) is 0 Å². The highest BCUT2D eigenvalue weighted by molar-refractivity contribution is 6.08. The molecule has 7 nitrogen and oxygen atoms in total. The summed E-state index contributed by atoms with van der Waals surface area (Å²) in [5, 5.41) is 32.9. The first kappa shape index (κ1) is 16.3. The highest BCUT2D eigenvalue weighted by Gasteiger charge is 2.18. The number of carbonyl (C=O) groups is 1. The molecule has 0 saturated carbocycles. The molecular formula is C16H16N2O5. The highest BCUT2D eigenvalue weighted by atomic mass is 16.6. The van der Waals surface area contributed by atoms with Gasteiger partial charge in [-0.05, 0) is 30.2 Å². The molecule has 0 unspecified atom stereocenters. The number of anilines is 1. The Balaban J connectivity index is 2.35. The molecule has 2 aromatic carbocycles. The van der Waals surface area contributed by atoms with E-state index in [1.165, 1.54) is 36.4 Å². The van der Waals surface area contributed by atoms with E-state index in [0.717, 1.165) is 6.42 Å².